The normalized spacial score (nSPS) is 29.9. The van der Waals surface area contributed by atoms with Gasteiger partial charge in [-0.2, -0.15) is 4.37 Å². The van der Waals surface area contributed by atoms with Crippen LogP contribution in [0.5, 0.6) is 0 Å². The maximum absolute atomic E-state index is 6.34. The van der Waals surface area contributed by atoms with Crippen molar-refractivity contribution in [1.82, 2.24) is 4.37 Å². The van der Waals surface area contributed by atoms with Gasteiger partial charge in [0.2, 0.25) is 0 Å². The highest BCUT2D eigenvalue weighted by atomic mass is 35.5. The van der Waals surface area contributed by atoms with Crippen LogP contribution < -0.4 is 0 Å². The highest BCUT2D eigenvalue weighted by molar-refractivity contribution is 7.03. The van der Waals surface area contributed by atoms with Gasteiger partial charge in [-0.1, -0.05) is 19.3 Å². The SMILES string of the molecule is ClC1CCCCCC1c1ccsn1. The quantitative estimate of drug-likeness (QED) is 0.513. The van der Waals surface area contributed by atoms with Gasteiger partial charge in [0.15, 0.2) is 0 Å². The lowest BCUT2D eigenvalue weighted by Gasteiger charge is -2.16. The van der Waals surface area contributed by atoms with E-state index in [0.717, 1.165) is 6.42 Å². The molecule has 1 aliphatic carbocycles. The predicted molar refractivity (Wildman–Crippen MR) is 57.6 cm³/mol. The van der Waals surface area contributed by atoms with E-state index < -0.39 is 0 Å². The van der Waals surface area contributed by atoms with E-state index in [-0.39, 0.29) is 0 Å². The molecule has 0 radical (unpaired) electrons. The van der Waals surface area contributed by atoms with Gasteiger partial charge in [0.05, 0.1) is 5.69 Å². The van der Waals surface area contributed by atoms with Crippen molar-refractivity contribution in [3.05, 3.63) is 17.1 Å². The molecule has 0 N–H and O–H groups in total. The number of hydrogen-bond acceptors (Lipinski definition) is 2. The van der Waals surface area contributed by atoms with Crippen LogP contribution >= 0.6 is 23.1 Å². The maximum atomic E-state index is 6.34. The summed E-state index contributed by atoms with van der Waals surface area (Å²) in [7, 11) is 0. The van der Waals surface area contributed by atoms with E-state index in [9.17, 15) is 0 Å². The predicted octanol–water partition coefficient (Wildman–Crippen LogP) is 3.80. The van der Waals surface area contributed by atoms with Gasteiger partial charge < -0.3 is 0 Å². The Hall–Kier alpha value is -0.0800. The zero-order valence-electron chi connectivity index (χ0n) is 7.58. The first-order valence-electron chi connectivity index (χ1n) is 4.92. The van der Waals surface area contributed by atoms with Crippen molar-refractivity contribution in [3.63, 3.8) is 0 Å². The Kier molecular flexibility index (Phi) is 3.23. The summed E-state index contributed by atoms with van der Waals surface area (Å²) in [6.07, 6.45) is 6.31. The molecule has 1 heterocycles. The number of rotatable bonds is 1. The zero-order chi connectivity index (χ0) is 9.10. The molecule has 1 fully saturated rings. The summed E-state index contributed by atoms with van der Waals surface area (Å²) < 4.78 is 4.39. The molecule has 72 valence electrons. The van der Waals surface area contributed by atoms with Crippen molar-refractivity contribution in [1.29, 1.82) is 0 Å². The molecule has 1 aromatic rings. The fourth-order valence-electron chi connectivity index (χ4n) is 2.01. The molecule has 0 amide bonds. The molecular weight excluding hydrogens is 202 g/mol. The average Bonchev–Trinajstić information content (AvgIpc) is 2.56. The third-order valence-corrected chi connectivity index (χ3v) is 3.87. The Bertz CT molecular complexity index is 247. The first kappa shape index (κ1) is 9.47. The second-order valence-corrected chi connectivity index (χ2v) is 4.91. The molecule has 2 atom stereocenters. The van der Waals surface area contributed by atoms with E-state index in [1.54, 1.807) is 0 Å². The number of alkyl halides is 1. The first-order valence-corrected chi connectivity index (χ1v) is 6.19. The van der Waals surface area contributed by atoms with Crippen LogP contribution in [0, 0.1) is 0 Å². The van der Waals surface area contributed by atoms with E-state index in [0.29, 0.717) is 11.3 Å². The number of hydrogen-bond donors (Lipinski definition) is 0. The summed E-state index contributed by atoms with van der Waals surface area (Å²) in [6, 6.07) is 2.12. The van der Waals surface area contributed by atoms with Gasteiger partial charge in [-0.05, 0) is 30.4 Å². The van der Waals surface area contributed by atoms with Crippen LogP contribution in [-0.4, -0.2) is 9.75 Å². The number of nitrogens with zero attached hydrogens (tertiary/aromatic N) is 1. The summed E-state index contributed by atoms with van der Waals surface area (Å²) in [4.78, 5) is 0. The second kappa shape index (κ2) is 4.43. The van der Waals surface area contributed by atoms with E-state index in [1.165, 1.54) is 42.9 Å². The Morgan fingerprint density at radius 1 is 1.31 bits per heavy atom. The fourth-order valence-corrected chi connectivity index (χ4v) is 3.00. The third-order valence-electron chi connectivity index (χ3n) is 2.77. The second-order valence-electron chi connectivity index (χ2n) is 3.68. The van der Waals surface area contributed by atoms with Crippen molar-refractivity contribution >= 4 is 23.1 Å². The van der Waals surface area contributed by atoms with E-state index >= 15 is 0 Å². The summed E-state index contributed by atoms with van der Waals surface area (Å²) in [5, 5.41) is 2.36. The maximum Gasteiger partial charge on any atom is 0.0587 e. The third kappa shape index (κ3) is 2.23. The van der Waals surface area contributed by atoms with Gasteiger partial charge >= 0.3 is 0 Å². The van der Waals surface area contributed by atoms with Crippen molar-refractivity contribution in [2.75, 3.05) is 0 Å². The van der Waals surface area contributed by atoms with Gasteiger partial charge in [0, 0.05) is 16.7 Å². The molecule has 0 bridgehead atoms. The Balaban J connectivity index is 2.11. The minimum Gasteiger partial charge on any atom is -0.197 e. The zero-order valence-corrected chi connectivity index (χ0v) is 9.15. The first-order chi connectivity index (χ1) is 6.38. The Morgan fingerprint density at radius 3 is 2.92 bits per heavy atom. The summed E-state index contributed by atoms with van der Waals surface area (Å²) >= 11 is 7.88. The van der Waals surface area contributed by atoms with Gasteiger partial charge in [-0.25, -0.2) is 0 Å². The van der Waals surface area contributed by atoms with E-state index in [2.05, 4.69) is 10.4 Å². The number of halogens is 1. The van der Waals surface area contributed by atoms with Gasteiger partial charge in [0.1, 0.15) is 0 Å². The van der Waals surface area contributed by atoms with Crippen LogP contribution in [0.1, 0.15) is 43.7 Å². The molecule has 2 unspecified atom stereocenters. The minimum absolute atomic E-state index is 0.310. The molecule has 1 aliphatic rings. The van der Waals surface area contributed by atoms with Gasteiger partial charge in [-0.15, -0.1) is 11.6 Å². The molecular formula is C10H14ClNS. The molecule has 0 aliphatic heterocycles. The van der Waals surface area contributed by atoms with Crippen molar-refractivity contribution < 1.29 is 0 Å². The summed E-state index contributed by atoms with van der Waals surface area (Å²) in [6.45, 7) is 0. The highest BCUT2D eigenvalue weighted by Gasteiger charge is 2.24. The Labute approximate surface area is 88.3 Å². The van der Waals surface area contributed by atoms with E-state index in [4.69, 9.17) is 11.6 Å². The molecule has 0 aromatic carbocycles. The largest absolute Gasteiger partial charge is 0.197 e. The van der Waals surface area contributed by atoms with Crippen LogP contribution in [-0.2, 0) is 0 Å². The highest BCUT2D eigenvalue weighted by Crippen LogP contribution is 2.34. The minimum atomic E-state index is 0.310. The molecule has 13 heavy (non-hydrogen) atoms. The summed E-state index contributed by atoms with van der Waals surface area (Å²) in [5.41, 5.74) is 1.21. The van der Waals surface area contributed by atoms with Gasteiger partial charge in [0.25, 0.3) is 0 Å². The topological polar surface area (TPSA) is 12.9 Å². The molecule has 1 saturated carbocycles. The van der Waals surface area contributed by atoms with Crippen LogP contribution in [0.25, 0.3) is 0 Å². The standard InChI is InChI=1S/C10H14ClNS/c11-9-5-3-1-2-4-8(9)10-6-7-13-12-10/h6-9H,1-5H2. The molecule has 0 spiro atoms. The van der Waals surface area contributed by atoms with Crippen molar-refractivity contribution in [2.24, 2.45) is 0 Å². The fraction of sp³-hybridized carbons (Fsp3) is 0.700. The molecule has 2 rings (SSSR count). The van der Waals surface area contributed by atoms with Gasteiger partial charge in [-0.3, -0.25) is 0 Å². The number of aromatic nitrogens is 1. The molecule has 3 heteroatoms. The molecule has 0 saturated heterocycles. The van der Waals surface area contributed by atoms with Crippen molar-refractivity contribution in [2.45, 2.75) is 43.4 Å². The van der Waals surface area contributed by atoms with Crippen LogP contribution in [0.4, 0.5) is 0 Å². The monoisotopic (exact) mass is 215 g/mol. The van der Waals surface area contributed by atoms with Crippen molar-refractivity contribution in [3.8, 4) is 0 Å². The smallest absolute Gasteiger partial charge is 0.0587 e. The van der Waals surface area contributed by atoms with E-state index in [1.807, 2.05) is 5.38 Å². The molecule has 1 aromatic heterocycles. The lowest BCUT2D eigenvalue weighted by molar-refractivity contribution is 0.590. The lowest BCUT2D eigenvalue weighted by atomic mass is 9.96. The summed E-state index contributed by atoms with van der Waals surface area (Å²) in [5.74, 6) is 0.510. The Morgan fingerprint density at radius 2 is 2.15 bits per heavy atom. The van der Waals surface area contributed by atoms with Crippen LogP contribution in [0.3, 0.4) is 0 Å². The van der Waals surface area contributed by atoms with Crippen LogP contribution in [0.15, 0.2) is 11.4 Å². The van der Waals surface area contributed by atoms with Crippen LogP contribution in [0.2, 0.25) is 0 Å². The molecule has 1 nitrogen and oxygen atoms in total. The lowest BCUT2D eigenvalue weighted by Crippen LogP contribution is -2.11. The average molecular weight is 216 g/mol.